The summed E-state index contributed by atoms with van der Waals surface area (Å²) in [6, 6.07) is 6.75. The summed E-state index contributed by atoms with van der Waals surface area (Å²) in [4.78, 5) is 10.6. The highest BCUT2D eigenvalue weighted by atomic mass is 19.4. The summed E-state index contributed by atoms with van der Waals surface area (Å²) in [5, 5.41) is 0.844. The van der Waals surface area contributed by atoms with Gasteiger partial charge in [0.1, 0.15) is 19.6 Å². The maximum absolute atomic E-state index is 11.9. The molecule has 0 N–H and O–H groups in total. The third kappa shape index (κ3) is 2.89. The second kappa shape index (κ2) is 4.81. The zero-order valence-electron chi connectivity index (χ0n) is 9.28. The first-order valence-corrected chi connectivity index (χ1v) is 5.18. The first kappa shape index (κ1) is 12.6. The Balaban J connectivity index is 2.15. The highest BCUT2D eigenvalue weighted by Gasteiger charge is 2.27. The number of aromatic nitrogens is 1. The van der Waals surface area contributed by atoms with E-state index in [0.29, 0.717) is 17.4 Å². The van der Waals surface area contributed by atoms with Gasteiger partial charge in [-0.3, -0.25) is 4.79 Å². The number of nitrogens with zero attached hydrogens (tertiary/aromatic N) is 1. The number of hydrogen-bond donors (Lipinski definition) is 0. The maximum atomic E-state index is 11.9. The number of alkyl halides is 3. The van der Waals surface area contributed by atoms with Crippen molar-refractivity contribution in [1.29, 1.82) is 0 Å². The molecule has 0 amide bonds. The van der Waals surface area contributed by atoms with Crippen LogP contribution < -0.4 is 0 Å². The zero-order chi connectivity index (χ0) is 13.2. The summed E-state index contributed by atoms with van der Waals surface area (Å²) >= 11 is 0. The van der Waals surface area contributed by atoms with Gasteiger partial charge in [-0.25, -0.2) is 0 Å². The lowest BCUT2D eigenvalue weighted by atomic mass is 10.2. The number of fused-ring (bicyclic) bond motifs is 1. The summed E-state index contributed by atoms with van der Waals surface area (Å²) in [6.07, 6.45) is -2.03. The average molecular weight is 257 g/mol. The lowest BCUT2D eigenvalue weighted by Gasteiger charge is -2.09. The van der Waals surface area contributed by atoms with Crippen molar-refractivity contribution >= 4 is 17.2 Å². The van der Waals surface area contributed by atoms with Crippen molar-refractivity contribution in [2.24, 2.45) is 0 Å². The van der Waals surface area contributed by atoms with Gasteiger partial charge in [0.05, 0.1) is 5.52 Å². The third-order valence-corrected chi connectivity index (χ3v) is 2.43. The predicted molar refractivity (Wildman–Crippen MR) is 59.3 cm³/mol. The minimum Gasteiger partial charge on any atom is -0.351 e. The Morgan fingerprint density at radius 2 is 2.06 bits per heavy atom. The molecule has 96 valence electrons. The highest BCUT2D eigenvalue weighted by Crippen LogP contribution is 2.19. The van der Waals surface area contributed by atoms with Gasteiger partial charge in [-0.2, -0.15) is 13.2 Å². The molecule has 0 unspecified atom stereocenters. The third-order valence-electron chi connectivity index (χ3n) is 2.43. The Morgan fingerprint density at radius 3 is 2.72 bits per heavy atom. The normalized spacial score (nSPS) is 11.9. The topological polar surface area (TPSA) is 31.2 Å². The Morgan fingerprint density at radius 1 is 1.28 bits per heavy atom. The largest absolute Gasteiger partial charge is 0.411 e. The number of halogens is 3. The van der Waals surface area contributed by atoms with Crippen LogP contribution in [0.2, 0.25) is 0 Å². The number of rotatable bonds is 4. The van der Waals surface area contributed by atoms with Gasteiger partial charge in [0.15, 0.2) is 0 Å². The molecule has 0 bridgehead atoms. The Kier molecular flexibility index (Phi) is 3.38. The summed E-state index contributed by atoms with van der Waals surface area (Å²) < 4.78 is 41.9. The Hall–Kier alpha value is -1.82. The van der Waals surface area contributed by atoms with Gasteiger partial charge in [-0.05, 0) is 17.5 Å². The number of carbonyl (C=O) groups excluding carboxylic acids is 1. The molecule has 18 heavy (non-hydrogen) atoms. The lowest BCUT2D eigenvalue weighted by molar-refractivity contribution is -0.181. The van der Waals surface area contributed by atoms with E-state index in [9.17, 15) is 18.0 Å². The molecule has 0 aliphatic carbocycles. The SMILES string of the molecule is O=Cc1ccc2ccn(COCC(F)(F)F)c2c1. The molecule has 2 aromatic rings. The summed E-state index contributed by atoms with van der Waals surface area (Å²) in [6.45, 7) is -1.49. The van der Waals surface area contributed by atoms with E-state index in [1.165, 1.54) is 4.57 Å². The van der Waals surface area contributed by atoms with Crippen LogP contribution in [0.25, 0.3) is 10.9 Å². The molecule has 1 heterocycles. The van der Waals surface area contributed by atoms with E-state index < -0.39 is 12.8 Å². The van der Waals surface area contributed by atoms with E-state index in [4.69, 9.17) is 0 Å². The van der Waals surface area contributed by atoms with Crippen molar-refractivity contribution in [3.8, 4) is 0 Å². The zero-order valence-corrected chi connectivity index (χ0v) is 9.28. The second-order valence-corrected chi connectivity index (χ2v) is 3.81. The van der Waals surface area contributed by atoms with E-state index in [-0.39, 0.29) is 6.73 Å². The molecular formula is C12H10F3NO2. The van der Waals surface area contributed by atoms with Crippen LogP contribution in [0.15, 0.2) is 30.5 Å². The molecule has 0 radical (unpaired) electrons. The Labute approximate surface area is 101 Å². The van der Waals surface area contributed by atoms with Crippen LogP contribution in [0.1, 0.15) is 10.4 Å². The van der Waals surface area contributed by atoms with E-state index in [1.807, 2.05) is 0 Å². The van der Waals surface area contributed by atoms with Crippen molar-refractivity contribution in [2.45, 2.75) is 12.9 Å². The van der Waals surface area contributed by atoms with E-state index in [2.05, 4.69) is 4.74 Å². The van der Waals surface area contributed by atoms with Gasteiger partial charge in [0, 0.05) is 11.8 Å². The number of aldehydes is 1. The predicted octanol–water partition coefficient (Wildman–Crippen LogP) is 2.99. The van der Waals surface area contributed by atoms with Crippen LogP contribution in [-0.4, -0.2) is 23.6 Å². The van der Waals surface area contributed by atoms with Crippen LogP contribution in [0, 0.1) is 0 Å². The average Bonchev–Trinajstić information content (AvgIpc) is 2.70. The van der Waals surface area contributed by atoms with Crippen LogP contribution in [0.5, 0.6) is 0 Å². The maximum Gasteiger partial charge on any atom is 0.411 e. The quantitative estimate of drug-likeness (QED) is 0.788. The van der Waals surface area contributed by atoms with Gasteiger partial charge >= 0.3 is 6.18 Å². The van der Waals surface area contributed by atoms with Crippen molar-refractivity contribution < 1.29 is 22.7 Å². The fraction of sp³-hybridized carbons (Fsp3) is 0.250. The molecule has 0 spiro atoms. The summed E-state index contributed by atoms with van der Waals surface area (Å²) in [7, 11) is 0. The van der Waals surface area contributed by atoms with E-state index in [1.54, 1.807) is 30.5 Å². The Bertz CT molecular complexity index is 560. The first-order chi connectivity index (χ1) is 8.49. The molecule has 0 saturated carbocycles. The van der Waals surface area contributed by atoms with Crippen molar-refractivity contribution in [2.75, 3.05) is 6.61 Å². The number of carbonyl (C=O) groups is 1. The minimum absolute atomic E-state index is 0.203. The van der Waals surface area contributed by atoms with Crippen molar-refractivity contribution in [3.05, 3.63) is 36.0 Å². The van der Waals surface area contributed by atoms with Gasteiger partial charge in [-0.15, -0.1) is 0 Å². The fourth-order valence-corrected chi connectivity index (χ4v) is 1.65. The van der Waals surface area contributed by atoms with Crippen LogP contribution in [-0.2, 0) is 11.5 Å². The van der Waals surface area contributed by atoms with Crippen LogP contribution >= 0.6 is 0 Å². The monoisotopic (exact) mass is 257 g/mol. The number of ether oxygens (including phenoxy) is 1. The molecule has 3 nitrogen and oxygen atoms in total. The lowest BCUT2D eigenvalue weighted by Crippen LogP contribution is -2.18. The minimum atomic E-state index is -4.34. The van der Waals surface area contributed by atoms with E-state index >= 15 is 0 Å². The fourth-order valence-electron chi connectivity index (χ4n) is 1.65. The molecule has 0 aliphatic rings. The molecule has 0 atom stereocenters. The molecule has 1 aromatic heterocycles. The molecule has 2 rings (SSSR count). The molecule has 6 heteroatoms. The van der Waals surface area contributed by atoms with Crippen molar-refractivity contribution in [3.63, 3.8) is 0 Å². The second-order valence-electron chi connectivity index (χ2n) is 3.81. The van der Waals surface area contributed by atoms with Gasteiger partial charge in [-0.1, -0.05) is 12.1 Å². The highest BCUT2D eigenvalue weighted by molar-refractivity contribution is 5.87. The smallest absolute Gasteiger partial charge is 0.351 e. The molecule has 1 aromatic carbocycles. The van der Waals surface area contributed by atoms with Gasteiger partial charge in [0.2, 0.25) is 0 Å². The van der Waals surface area contributed by atoms with E-state index in [0.717, 1.165) is 5.39 Å². The summed E-state index contributed by atoms with van der Waals surface area (Å²) in [5.74, 6) is 0. The molecule has 0 saturated heterocycles. The van der Waals surface area contributed by atoms with Crippen LogP contribution in [0.4, 0.5) is 13.2 Å². The number of benzene rings is 1. The number of hydrogen-bond acceptors (Lipinski definition) is 2. The van der Waals surface area contributed by atoms with Crippen molar-refractivity contribution in [1.82, 2.24) is 4.57 Å². The summed E-state index contributed by atoms with van der Waals surface area (Å²) in [5.41, 5.74) is 1.14. The standard InChI is InChI=1S/C12H10F3NO2/c13-12(14,15)7-18-8-16-4-3-10-2-1-9(6-17)5-11(10)16/h1-6H,7-8H2. The molecular weight excluding hydrogens is 247 g/mol. The molecule has 0 aliphatic heterocycles. The van der Waals surface area contributed by atoms with Gasteiger partial charge < -0.3 is 9.30 Å². The first-order valence-electron chi connectivity index (χ1n) is 5.18. The van der Waals surface area contributed by atoms with Crippen LogP contribution in [0.3, 0.4) is 0 Å². The molecule has 0 fully saturated rings. The van der Waals surface area contributed by atoms with Gasteiger partial charge in [0.25, 0.3) is 0 Å².